The van der Waals surface area contributed by atoms with Crippen LogP contribution in [0.2, 0.25) is 0 Å². The molecule has 2 N–H and O–H groups in total. The molecule has 0 saturated carbocycles. The van der Waals surface area contributed by atoms with Crippen LogP contribution in [-0.4, -0.2) is 47.6 Å². The van der Waals surface area contributed by atoms with E-state index < -0.39 is 11.9 Å². The van der Waals surface area contributed by atoms with Gasteiger partial charge in [-0.2, -0.15) is 0 Å². The molecule has 3 atom stereocenters. The van der Waals surface area contributed by atoms with Crippen molar-refractivity contribution >= 4 is 11.9 Å². The molecule has 0 aromatic carbocycles. The molecule has 98 valence electrons. The largest absolute Gasteiger partial charge is 0.481 e. The highest BCUT2D eigenvalue weighted by molar-refractivity contribution is 5.80. The van der Waals surface area contributed by atoms with Crippen LogP contribution in [0.1, 0.15) is 27.2 Å². The lowest BCUT2D eigenvalue weighted by Gasteiger charge is -2.27. The van der Waals surface area contributed by atoms with Crippen molar-refractivity contribution in [1.29, 1.82) is 0 Å². The topological polar surface area (TPSA) is 69.6 Å². The van der Waals surface area contributed by atoms with Crippen LogP contribution in [0, 0.1) is 11.8 Å². The van der Waals surface area contributed by atoms with Gasteiger partial charge in [-0.05, 0) is 26.8 Å². The molecule has 1 aliphatic rings. The van der Waals surface area contributed by atoms with E-state index in [1.54, 1.807) is 11.8 Å². The molecule has 0 aliphatic carbocycles. The Kier molecular flexibility index (Phi) is 4.93. The van der Waals surface area contributed by atoms with Gasteiger partial charge in [-0.3, -0.25) is 9.59 Å². The molecule has 1 fully saturated rings. The highest BCUT2D eigenvalue weighted by atomic mass is 16.4. The molecule has 1 saturated heterocycles. The van der Waals surface area contributed by atoms with E-state index in [1.807, 2.05) is 13.8 Å². The van der Waals surface area contributed by atoms with Crippen molar-refractivity contribution in [3.05, 3.63) is 0 Å². The van der Waals surface area contributed by atoms with Gasteiger partial charge in [-0.1, -0.05) is 6.92 Å². The number of rotatable bonds is 5. The van der Waals surface area contributed by atoms with Crippen LogP contribution in [-0.2, 0) is 9.59 Å². The van der Waals surface area contributed by atoms with E-state index in [1.165, 1.54) is 0 Å². The zero-order valence-electron chi connectivity index (χ0n) is 10.8. The summed E-state index contributed by atoms with van der Waals surface area (Å²) in [5.41, 5.74) is 0. The Morgan fingerprint density at radius 1 is 1.53 bits per heavy atom. The molecule has 0 bridgehead atoms. The fourth-order valence-corrected chi connectivity index (χ4v) is 2.21. The third-order valence-corrected chi connectivity index (χ3v) is 3.45. The van der Waals surface area contributed by atoms with Crippen LogP contribution in [0.3, 0.4) is 0 Å². The van der Waals surface area contributed by atoms with E-state index in [-0.39, 0.29) is 17.9 Å². The Balaban J connectivity index is 2.60. The predicted octanol–water partition coefficient (Wildman–Crippen LogP) is 0.554. The average molecular weight is 242 g/mol. The van der Waals surface area contributed by atoms with Gasteiger partial charge in [-0.15, -0.1) is 0 Å². The Morgan fingerprint density at radius 2 is 2.18 bits per heavy atom. The second-order valence-corrected chi connectivity index (χ2v) is 4.75. The standard InChI is InChI=1S/C12H22N2O3/c1-4-14(7-8(2)12(16)17)11(15)10-5-6-13-9(10)3/h8-10,13H,4-7H2,1-3H3,(H,16,17). The smallest absolute Gasteiger partial charge is 0.308 e. The normalized spacial score (nSPS) is 25.6. The Labute approximate surface area is 102 Å². The first-order valence-corrected chi connectivity index (χ1v) is 6.22. The maximum absolute atomic E-state index is 12.2. The number of aliphatic carboxylic acids is 1. The lowest BCUT2D eigenvalue weighted by molar-refractivity contribution is -0.143. The van der Waals surface area contributed by atoms with Crippen LogP contribution in [0.25, 0.3) is 0 Å². The predicted molar refractivity (Wildman–Crippen MR) is 64.6 cm³/mol. The average Bonchev–Trinajstić information content (AvgIpc) is 2.70. The molecule has 0 aromatic heterocycles. The summed E-state index contributed by atoms with van der Waals surface area (Å²) in [6.45, 7) is 7.26. The van der Waals surface area contributed by atoms with Crippen LogP contribution in [0.5, 0.6) is 0 Å². The molecule has 17 heavy (non-hydrogen) atoms. The van der Waals surface area contributed by atoms with Gasteiger partial charge in [0.25, 0.3) is 0 Å². The lowest BCUT2D eigenvalue weighted by atomic mass is 9.99. The Morgan fingerprint density at radius 3 is 2.59 bits per heavy atom. The molecule has 1 amide bonds. The minimum Gasteiger partial charge on any atom is -0.481 e. The van der Waals surface area contributed by atoms with Gasteiger partial charge in [0.2, 0.25) is 5.91 Å². The lowest BCUT2D eigenvalue weighted by Crippen LogP contribution is -2.43. The summed E-state index contributed by atoms with van der Waals surface area (Å²) < 4.78 is 0. The number of hydrogen-bond donors (Lipinski definition) is 2. The molecule has 1 heterocycles. The fourth-order valence-electron chi connectivity index (χ4n) is 2.21. The quantitative estimate of drug-likeness (QED) is 0.739. The van der Waals surface area contributed by atoms with Gasteiger partial charge >= 0.3 is 5.97 Å². The summed E-state index contributed by atoms with van der Waals surface area (Å²) in [5.74, 6) is -1.29. The van der Waals surface area contributed by atoms with Crippen molar-refractivity contribution in [2.45, 2.75) is 33.2 Å². The zero-order valence-corrected chi connectivity index (χ0v) is 10.8. The SMILES string of the molecule is CCN(CC(C)C(=O)O)C(=O)C1CCNC1C. The van der Waals surface area contributed by atoms with E-state index in [2.05, 4.69) is 5.32 Å². The monoisotopic (exact) mass is 242 g/mol. The van der Waals surface area contributed by atoms with Crippen LogP contribution in [0.15, 0.2) is 0 Å². The van der Waals surface area contributed by atoms with Gasteiger partial charge in [0.05, 0.1) is 11.8 Å². The number of nitrogens with one attached hydrogen (secondary N) is 1. The van der Waals surface area contributed by atoms with Crippen molar-refractivity contribution < 1.29 is 14.7 Å². The third kappa shape index (κ3) is 3.43. The van der Waals surface area contributed by atoms with Crippen LogP contribution >= 0.6 is 0 Å². The van der Waals surface area contributed by atoms with Gasteiger partial charge in [0.1, 0.15) is 0 Å². The number of carbonyl (C=O) groups is 2. The second kappa shape index (κ2) is 6.00. The fraction of sp³-hybridized carbons (Fsp3) is 0.833. The highest BCUT2D eigenvalue weighted by Gasteiger charge is 2.33. The number of carboxylic acids is 1. The number of nitrogens with zero attached hydrogens (tertiary/aromatic N) is 1. The number of hydrogen-bond acceptors (Lipinski definition) is 3. The first-order chi connectivity index (χ1) is 7.97. The second-order valence-electron chi connectivity index (χ2n) is 4.75. The van der Waals surface area contributed by atoms with Gasteiger partial charge < -0.3 is 15.3 Å². The van der Waals surface area contributed by atoms with Crippen molar-refractivity contribution in [2.75, 3.05) is 19.6 Å². The minimum absolute atomic E-state index is 0.00375. The van der Waals surface area contributed by atoms with E-state index in [4.69, 9.17) is 5.11 Å². The molecule has 5 nitrogen and oxygen atoms in total. The summed E-state index contributed by atoms with van der Waals surface area (Å²) in [6.07, 6.45) is 0.845. The van der Waals surface area contributed by atoms with Crippen molar-refractivity contribution in [3.63, 3.8) is 0 Å². The molecular formula is C12H22N2O3. The summed E-state index contributed by atoms with van der Waals surface area (Å²) in [7, 11) is 0. The molecule has 1 rings (SSSR count). The highest BCUT2D eigenvalue weighted by Crippen LogP contribution is 2.18. The first-order valence-electron chi connectivity index (χ1n) is 6.22. The van der Waals surface area contributed by atoms with Gasteiger partial charge in [0.15, 0.2) is 0 Å². The van der Waals surface area contributed by atoms with E-state index in [9.17, 15) is 9.59 Å². The first kappa shape index (κ1) is 14.0. The summed E-state index contributed by atoms with van der Waals surface area (Å²) >= 11 is 0. The van der Waals surface area contributed by atoms with Gasteiger partial charge in [-0.25, -0.2) is 0 Å². The molecule has 5 heteroatoms. The van der Waals surface area contributed by atoms with Gasteiger partial charge in [0, 0.05) is 19.1 Å². The number of carbonyl (C=O) groups excluding carboxylic acids is 1. The molecule has 3 unspecified atom stereocenters. The van der Waals surface area contributed by atoms with Crippen molar-refractivity contribution in [2.24, 2.45) is 11.8 Å². The molecule has 0 aromatic rings. The van der Waals surface area contributed by atoms with Crippen LogP contribution < -0.4 is 5.32 Å². The van der Waals surface area contributed by atoms with E-state index in [0.717, 1.165) is 13.0 Å². The summed E-state index contributed by atoms with van der Waals surface area (Å²) in [5, 5.41) is 12.1. The molecular weight excluding hydrogens is 220 g/mol. The number of amides is 1. The van der Waals surface area contributed by atoms with Crippen molar-refractivity contribution in [1.82, 2.24) is 10.2 Å². The number of carboxylic acid groups (broad SMARTS) is 1. The Bertz CT molecular complexity index is 293. The summed E-state index contributed by atoms with van der Waals surface area (Å²) in [6, 6.07) is 0.191. The van der Waals surface area contributed by atoms with E-state index in [0.29, 0.717) is 13.1 Å². The van der Waals surface area contributed by atoms with E-state index >= 15 is 0 Å². The zero-order chi connectivity index (χ0) is 13.0. The third-order valence-electron chi connectivity index (χ3n) is 3.45. The molecule has 1 aliphatic heterocycles. The van der Waals surface area contributed by atoms with Crippen LogP contribution in [0.4, 0.5) is 0 Å². The maximum Gasteiger partial charge on any atom is 0.308 e. The maximum atomic E-state index is 12.2. The molecule has 0 spiro atoms. The molecule has 0 radical (unpaired) electrons. The Hall–Kier alpha value is -1.10. The minimum atomic E-state index is -0.853. The summed E-state index contributed by atoms with van der Waals surface area (Å²) in [4.78, 5) is 24.7. The van der Waals surface area contributed by atoms with Crippen molar-refractivity contribution in [3.8, 4) is 0 Å².